The summed E-state index contributed by atoms with van der Waals surface area (Å²) in [4.78, 5) is 17.9. The fourth-order valence-electron chi connectivity index (χ4n) is 3.60. The minimum atomic E-state index is -1.72. The van der Waals surface area contributed by atoms with E-state index in [-0.39, 0.29) is 5.91 Å². The first kappa shape index (κ1) is 15.4. The fourth-order valence-corrected chi connectivity index (χ4v) is 3.60. The van der Waals surface area contributed by atoms with Gasteiger partial charge < -0.3 is 15.0 Å². The van der Waals surface area contributed by atoms with Gasteiger partial charge in [0.05, 0.1) is 11.8 Å². The third kappa shape index (κ3) is 2.15. The van der Waals surface area contributed by atoms with Crippen molar-refractivity contribution in [2.75, 3.05) is 11.4 Å². The van der Waals surface area contributed by atoms with Crippen molar-refractivity contribution < 1.29 is 9.90 Å². The van der Waals surface area contributed by atoms with Crippen LogP contribution < -0.4 is 4.90 Å². The summed E-state index contributed by atoms with van der Waals surface area (Å²) in [5.41, 5.74) is 1.01. The van der Waals surface area contributed by atoms with Crippen molar-refractivity contribution in [1.29, 1.82) is 5.26 Å². The average Bonchev–Trinajstić information content (AvgIpc) is 3.16. The maximum atomic E-state index is 13.2. The van der Waals surface area contributed by atoms with Gasteiger partial charge in [-0.15, -0.1) is 0 Å². The van der Waals surface area contributed by atoms with E-state index in [1.807, 2.05) is 42.5 Å². The van der Waals surface area contributed by atoms with Crippen LogP contribution in [0, 0.1) is 11.3 Å². The summed E-state index contributed by atoms with van der Waals surface area (Å²) in [6.07, 6.45) is 2.65. The Morgan fingerprint density at radius 3 is 2.72 bits per heavy atom. The number of unbranched alkanes of at least 4 members (excludes halogenated alkanes) is 1. The molecular weight excluding hydrogens is 314 g/mol. The molecule has 1 aliphatic heterocycles. The van der Waals surface area contributed by atoms with Gasteiger partial charge >= 0.3 is 0 Å². The third-order valence-electron chi connectivity index (χ3n) is 4.79. The number of benzene rings is 2. The Hall–Kier alpha value is -3.10. The quantitative estimate of drug-likeness (QED) is 0.721. The predicted octanol–water partition coefficient (Wildman–Crippen LogP) is 3.05. The van der Waals surface area contributed by atoms with Crippen LogP contribution in [0.1, 0.15) is 24.0 Å². The van der Waals surface area contributed by atoms with Crippen LogP contribution in [0.2, 0.25) is 0 Å². The summed E-state index contributed by atoms with van der Waals surface area (Å²) < 4.78 is 0. The molecule has 0 saturated carbocycles. The van der Waals surface area contributed by atoms with E-state index in [1.54, 1.807) is 17.2 Å². The number of aromatic amines is 1. The number of para-hydroxylation sites is 2. The highest BCUT2D eigenvalue weighted by atomic mass is 16.3. The summed E-state index contributed by atoms with van der Waals surface area (Å²) in [7, 11) is 0. The summed E-state index contributed by atoms with van der Waals surface area (Å²) in [5.74, 6) is -0.364. The predicted molar refractivity (Wildman–Crippen MR) is 94.9 cm³/mol. The minimum Gasteiger partial charge on any atom is -0.372 e. The number of hydrogen-bond donors (Lipinski definition) is 2. The highest BCUT2D eigenvalue weighted by molar-refractivity contribution is 6.11. The molecule has 1 atom stereocenters. The van der Waals surface area contributed by atoms with Gasteiger partial charge in [-0.3, -0.25) is 4.79 Å². The molecule has 1 amide bonds. The van der Waals surface area contributed by atoms with Crippen LogP contribution >= 0.6 is 0 Å². The van der Waals surface area contributed by atoms with E-state index in [4.69, 9.17) is 5.26 Å². The Balaban J connectivity index is 1.87. The number of aromatic nitrogens is 1. The Morgan fingerprint density at radius 2 is 1.88 bits per heavy atom. The average molecular weight is 331 g/mol. The van der Waals surface area contributed by atoms with Gasteiger partial charge in [0.25, 0.3) is 5.91 Å². The molecule has 4 rings (SSSR count). The first-order valence-corrected chi connectivity index (χ1v) is 8.25. The summed E-state index contributed by atoms with van der Waals surface area (Å²) >= 11 is 0. The summed E-state index contributed by atoms with van der Waals surface area (Å²) in [6, 6.07) is 17.0. The molecule has 0 aliphatic carbocycles. The number of carbonyl (C=O) groups excluding carboxylic acids is 1. The second-order valence-electron chi connectivity index (χ2n) is 6.19. The monoisotopic (exact) mass is 331 g/mol. The van der Waals surface area contributed by atoms with Gasteiger partial charge in [0.2, 0.25) is 0 Å². The number of nitriles is 1. The van der Waals surface area contributed by atoms with E-state index < -0.39 is 5.60 Å². The lowest BCUT2D eigenvalue weighted by Crippen LogP contribution is -2.41. The lowest BCUT2D eigenvalue weighted by Gasteiger charge is -2.23. The number of nitrogens with zero attached hydrogens (tertiary/aromatic N) is 2. The van der Waals surface area contributed by atoms with E-state index in [2.05, 4.69) is 11.1 Å². The van der Waals surface area contributed by atoms with Gasteiger partial charge in [0.15, 0.2) is 5.60 Å². The Bertz CT molecular complexity index is 1000. The minimum absolute atomic E-state index is 0.364. The molecule has 1 aliphatic rings. The Morgan fingerprint density at radius 1 is 1.12 bits per heavy atom. The molecule has 0 fully saturated rings. The van der Waals surface area contributed by atoms with Crippen LogP contribution in [-0.2, 0) is 10.4 Å². The molecule has 0 unspecified atom stereocenters. The smallest absolute Gasteiger partial charge is 0.268 e. The number of amides is 1. The zero-order chi connectivity index (χ0) is 17.4. The molecule has 0 spiro atoms. The topological polar surface area (TPSA) is 80.1 Å². The number of H-pyrrole nitrogens is 1. The van der Waals surface area contributed by atoms with E-state index >= 15 is 0 Å². The lowest BCUT2D eigenvalue weighted by molar-refractivity contribution is -0.132. The maximum Gasteiger partial charge on any atom is 0.268 e. The van der Waals surface area contributed by atoms with Crippen molar-refractivity contribution in [3.05, 3.63) is 65.9 Å². The van der Waals surface area contributed by atoms with Crippen molar-refractivity contribution >= 4 is 22.5 Å². The lowest BCUT2D eigenvalue weighted by atomic mass is 9.87. The van der Waals surface area contributed by atoms with Crippen molar-refractivity contribution in [3.8, 4) is 6.07 Å². The van der Waals surface area contributed by atoms with Crippen molar-refractivity contribution in [2.45, 2.75) is 18.4 Å². The molecule has 2 N–H and O–H groups in total. The SMILES string of the molecule is N#CCCCN1C(=O)[C@](O)(c2c[nH]c3ccccc23)c2ccccc21. The number of fused-ring (bicyclic) bond motifs is 2. The first-order valence-electron chi connectivity index (χ1n) is 8.25. The molecule has 5 heteroatoms. The third-order valence-corrected chi connectivity index (χ3v) is 4.79. The molecule has 0 radical (unpaired) electrons. The van der Waals surface area contributed by atoms with Crippen LogP contribution in [-0.4, -0.2) is 22.5 Å². The molecule has 0 bridgehead atoms. The van der Waals surface area contributed by atoms with E-state index in [9.17, 15) is 9.90 Å². The highest BCUT2D eigenvalue weighted by Crippen LogP contribution is 2.46. The van der Waals surface area contributed by atoms with Gasteiger partial charge in [-0.1, -0.05) is 36.4 Å². The van der Waals surface area contributed by atoms with Crippen LogP contribution in [0.5, 0.6) is 0 Å². The molecule has 2 aromatic carbocycles. The number of carbonyl (C=O) groups is 1. The van der Waals surface area contributed by atoms with Gasteiger partial charge in [-0.05, 0) is 18.6 Å². The molecule has 25 heavy (non-hydrogen) atoms. The van der Waals surface area contributed by atoms with E-state index in [0.717, 1.165) is 10.9 Å². The van der Waals surface area contributed by atoms with Crippen LogP contribution in [0.4, 0.5) is 5.69 Å². The summed E-state index contributed by atoms with van der Waals surface area (Å²) in [6.45, 7) is 0.411. The second-order valence-corrected chi connectivity index (χ2v) is 6.19. The van der Waals surface area contributed by atoms with E-state index in [1.165, 1.54) is 0 Å². The van der Waals surface area contributed by atoms with Gasteiger partial charge in [0.1, 0.15) is 0 Å². The number of hydrogen-bond acceptors (Lipinski definition) is 3. The van der Waals surface area contributed by atoms with Crippen LogP contribution in [0.25, 0.3) is 10.9 Å². The highest BCUT2D eigenvalue weighted by Gasteiger charge is 2.51. The molecule has 2 heterocycles. The maximum absolute atomic E-state index is 13.2. The van der Waals surface area contributed by atoms with Crippen molar-refractivity contribution in [2.24, 2.45) is 0 Å². The largest absolute Gasteiger partial charge is 0.372 e. The van der Waals surface area contributed by atoms with Gasteiger partial charge in [-0.25, -0.2) is 0 Å². The number of anilines is 1. The standard InChI is InChI=1S/C20H17N3O2/c21-11-5-6-12-23-18-10-4-2-8-15(18)20(25,19(23)24)16-13-22-17-9-3-1-7-14(16)17/h1-4,7-10,13,22,25H,5-6,12H2/t20-/m1/s1. The van der Waals surface area contributed by atoms with Crippen LogP contribution in [0.3, 0.4) is 0 Å². The van der Waals surface area contributed by atoms with Crippen molar-refractivity contribution in [1.82, 2.24) is 4.98 Å². The number of aliphatic hydroxyl groups is 1. The summed E-state index contributed by atoms with van der Waals surface area (Å²) in [5, 5.41) is 21.1. The Kier molecular flexibility index (Phi) is 3.56. The molecule has 5 nitrogen and oxygen atoms in total. The van der Waals surface area contributed by atoms with Gasteiger partial charge in [0, 0.05) is 41.2 Å². The molecule has 3 aromatic rings. The zero-order valence-corrected chi connectivity index (χ0v) is 13.6. The normalized spacial score (nSPS) is 19.2. The molecule has 1 aromatic heterocycles. The fraction of sp³-hybridized carbons (Fsp3) is 0.200. The number of rotatable bonds is 4. The number of nitrogens with one attached hydrogen (secondary N) is 1. The molecule has 0 saturated heterocycles. The molecular formula is C20H17N3O2. The van der Waals surface area contributed by atoms with Crippen molar-refractivity contribution in [3.63, 3.8) is 0 Å². The zero-order valence-electron chi connectivity index (χ0n) is 13.6. The first-order chi connectivity index (χ1) is 12.2. The molecule has 124 valence electrons. The van der Waals surface area contributed by atoms with Gasteiger partial charge in [-0.2, -0.15) is 5.26 Å². The second kappa shape index (κ2) is 5.76. The Labute approximate surface area is 145 Å². The van der Waals surface area contributed by atoms with E-state index in [0.29, 0.717) is 36.2 Å². The van der Waals surface area contributed by atoms with Crippen LogP contribution in [0.15, 0.2) is 54.7 Å².